The first-order valence-electron chi connectivity index (χ1n) is 6.66. The van der Waals surface area contributed by atoms with Gasteiger partial charge in [-0.3, -0.25) is 9.48 Å². The summed E-state index contributed by atoms with van der Waals surface area (Å²) in [4.78, 5) is 15.2. The van der Waals surface area contributed by atoms with Crippen LogP contribution in [0.4, 0.5) is 0 Å². The van der Waals surface area contributed by atoms with Gasteiger partial charge in [-0.1, -0.05) is 12.1 Å². The number of carbonyl (C=O) groups is 1. The van der Waals surface area contributed by atoms with Crippen LogP contribution in [0.3, 0.4) is 0 Å². The molecule has 20 heavy (non-hydrogen) atoms. The van der Waals surface area contributed by atoms with Crippen molar-refractivity contribution < 1.29 is 4.79 Å². The quantitative estimate of drug-likeness (QED) is 0.817. The number of rotatable bonds is 1. The smallest absolute Gasteiger partial charge is 0.255 e. The van der Waals surface area contributed by atoms with Crippen molar-refractivity contribution in [1.82, 2.24) is 14.7 Å². The Hall–Kier alpha value is -1.75. The lowest BCUT2D eigenvalue weighted by atomic mass is 10.0. The molecule has 0 spiro atoms. The number of carbonyl (C=O) groups excluding carboxylic acids is 1. The zero-order valence-corrected chi connectivity index (χ0v) is 12.5. The highest BCUT2D eigenvalue weighted by molar-refractivity contribution is 7.80. The normalized spacial score (nSPS) is 14.2. The number of aryl methyl sites for hydroxylation is 2. The van der Waals surface area contributed by atoms with Crippen molar-refractivity contribution in [2.75, 3.05) is 6.54 Å². The van der Waals surface area contributed by atoms with E-state index in [0.717, 1.165) is 29.2 Å². The Kier molecular flexibility index (Phi) is 3.30. The molecule has 0 aliphatic carbocycles. The first kappa shape index (κ1) is 13.2. The lowest BCUT2D eigenvalue weighted by Crippen LogP contribution is -2.36. The fraction of sp³-hybridized carbons (Fsp3) is 0.333. The highest BCUT2D eigenvalue weighted by Gasteiger charge is 2.26. The number of fused-ring (bicyclic) bond motifs is 1. The van der Waals surface area contributed by atoms with Crippen LogP contribution in [-0.4, -0.2) is 27.1 Å². The maximum Gasteiger partial charge on any atom is 0.255 e. The van der Waals surface area contributed by atoms with Gasteiger partial charge >= 0.3 is 0 Å². The standard InChI is InChI=1S/C15H17N3OS/c1-10-11-7-8-18(9-13(11)17(2)16-10)15(19)12-5-3-4-6-14(12)20/h3-6,20H,7-9H2,1-2H3. The molecule has 2 aromatic rings. The van der Waals surface area contributed by atoms with Crippen LogP contribution in [0, 0.1) is 6.92 Å². The van der Waals surface area contributed by atoms with Gasteiger partial charge < -0.3 is 4.90 Å². The molecule has 1 amide bonds. The number of hydrogen-bond donors (Lipinski definition) is 1. The summed E-state index contributed by atoms with van der Waals surface area (Å²) in [6, 6.07) is 7.43. The summed E-state index contributed by atoms with van der Waals surface area (Å²) in [6.07, 6.45) is 0.871. The Balaban J connectivity index is 1.89. The molecule has 1 aliphatic heterocycles. The molecule has 0 unspecified atom stereocenters. The summed E-state index contributed by atoms with van der Waals surface area (Å²) >= 11 is 4.37. The third-order valence-electron chi connectivity index (χ3n) is 3.87. The number of amides is 1. The molecule has 5 heteroatoms. The van der Waals surface area contributed by atoms with E-state index in [4.69, 9.17) is 0 Å². The molecule has 4 nitrogen and oxygen atoms in total. The Morgan fingerprint density at radius 2 is 2.10 bits per heavy atom. The fourth-order valence-electron chi connectivity index (χ4n) is 2.78. The van der Waals surface area contributed by atoms with Crippen molar-refractivity contribution in [3.63, 3.8) is 0 Å². The first-order chi connectivity index (χ1) is 9.58. The maximum absolute atomic E-state index is 12.6. The van der Waals surface area contributed by atoms with E-state index >= 15 is 0 Å². The topological polar surface area (TPSA) is 38.1 Å². The molecule has 3 rings (SSSR count). The van der Waals surface area contributed by atoms with Crippen LogP contribution in [0.2, 0.25) is 0 Å². The second-order valence-electron chi connectivity index (χ2n) is 5.13. The summed E-state index contributed by atoms with van der Waals surface area (Å²) in [5.41, 5.74) is 4.16. The van der Waals surface area contributed by atoms with Gasteiger partial charge in [-0.15, -0.1) is 12.6 Å². The first-order valence-corrected chi connectivity index (χ1v) is 7.11. The Labute approximate surface area is 123 Å². The van der Waals surface area contributed by atoms with E-state index in [9.17, 15) is 4.79 Å². The zero-order chi connectivity index (χ0) is 14.3. The average molecular weight is 287 g/mol. The Morgan fingerprint density at radius 1 is 1.35 bits per heavy atom. The van der Waals surface area contributed by atoms with Crippen LogP contribution in [0.15, 0.2) is 29.2 Å². The van der Waals surface area contributed by atoms with Gasteiger partial charge in [0.25, 0.3) is 5.91 Å². The number of benzene rings is 1. The monoisotopic (exact) mass is 287 g/mol. The largest absolute Gasteiger partial charge is 0.332 e. The molecular formula is C15H17N3OS. The third kappa shape index (κ3) is 2.12. The van der Waals surface area contributed by atoms with E-state index in [0.29, 0.717) is 12.1 Å². The molecule has 0 fully saturated rings. The summed E-state index contributed by atoms with van der Waals surface area (Å²) in [5, 5.41) is 4.44. The molecule has 0 radical (unpaired) electrons. The molecule has 0 atom stereocenters. The van der Waals surface area contributed by atoms with Crippen molar-refractivity contribution in [1.29, 1.82) is 0 Å². The lowest BCUT2D eigenvalue weighted by Gasteiger charge is -2.28. The molecule has 0 bridgehead atoms. The van der Waals surface area contributed by atoms with Crippen molar-refractivity contribution >= 4 is 18.5 Å². The summed E-state index contributed by atoms with van der Waals surface area (Å²) in [5.74, 6) is 0.0418. The van der Waals surface area contributed by atoms with Crippen LogP contribution < -0.4 is 0 Å². The van der Waals surface area contributed by atoms with E-state index < -0.39 is 0 Å². The minimum absolute atomic E-state index is 0.0418. The van der Waals surface area contributed by atoms with Crippen molar-refractivity contribution in [2.45, 2.75) is 24.8 Å². The molecule has 1 aliphatic rings. The second-order valence-corrected chi connectivity index (χ2v) is 5.61. The van der Waals surface area contributed by atoms with Gasteiger partial charge in [0.05, 0.1) is 23.5 Å². The van der Waals surface area contributed by atoms with E-state index in [1.807, 2.05) is 47.8 Å². The van der Waals surface area contributed by atoms with Gasteiger partial charge in [0, 0.05) is 18.5 Å². The van der Waals surface area contributed by atoms with Gasteiger partial charge in [-0.2, -0.15) is 5.10 Å². The minimum Gasteiger partial charge on any atom is -0.332 e. The Morgan fingerprint density at radius 3 is 2.85 bits per heavy atom. The average Bonchev–Trinajstić information content (AvgIpc) is 2.73. The van der Waals surface area contributed by atoms with Crippen molar-refractivity contribution in [3.05, 3.63) is 46.8 Å². The van der Waals surface area contributed by atoms with Crippen molar-refractivity contribution in [2.24, 2.45) is 7.05 Å². The summed E-state index contributed by atoms with van der Waals surface area (Å²) in [7, 11) is 1.94. The number of aromatic nitrogens is 2. The van der Waals surface area contributed by atoms with Crippen LogP contribution in [0.1, 0.15) is 27.3 Å². The van der Waals surface area contributed by atoms with E-state index in [1.54, 1.807) is 0 Å². The molecular weight excluding hydrogens is 270 g/mol. The van der Waals surface area contributed by atoms with Crippen LogP contribution in [-0.2, 0) is 20.0 Å². The fourth-order valence-corrected chi connectivity index (χ4v) is 3.03. The molecule has 0 N–H and O–H groups in total. The summed E-state index contributed by atoms with van der Waals surface area (Å²) in [6.45, 7) is 3.38. The number of thiol groups is 1. The van der Waals surface area contributed by atoms with E-state index in [2.05, 4.69) is 17.7 Å². The van der Waals surface area contributed by atoms with Gasteiger partial charge in [-0.25, -0.2) is 0 Å². The van der Waals surface area contributed by atoms with Gasteiger partial charge in [0.1, 0.15) is 0 Å². The molecule has 1 aromatic heterocycles. The molecule has 1 aromatic carbocycles. The predicted octanol–water partition coefficient (Wildman–Crippen LogP) is 2.22. The second kappa shape index (κ2) is 4.98. The molecule has 0 saturated heterocycles. The zero-order valence-electron chi connectivity index (χ0n) is 11.6. The van der Waals surface area contributed by atoms with Crippen LogP contribution in [0.5, 0.6) is 0 Å². The predicted molar refractivity (Wildman–Crippen MR) is 80.1 cm³/mol. The SMILES string of the molecule is Cc1nn(C)c2c1CCN(C(=O)c1ccccc1S)C2. The number of nitrogens with zero attached hydrogens (tertiary/aromatic N) is 3. The number of hydrogen-bond acceptors (Lipinski definition) is 3. The van der Waals surface area contributed by atoms with Gasteiger partial charge in [0.15, 0.2) is 0 Å². The molecule has 2 heterocycles. The molecule has 104 valence electrons. The lowest BCUT2D eigenvalue weighted by molar-refractivity contribution is 0.0727. The van der Waals surface area contributed by atoms with Crippen LogP contribution in [0.25, 0.3) is 0 Å². The van der Waals surface area contributed by atoms with Gasteiger partial charge in [-0.05, 0) is 31.0 Å². The summed E-state index contributed by atoms with van der Waals surface area (Å²) < 4.78 is 1.89. The third-order valence-corrected chi connectivity index (χ3v) is 4.26. The Bertz CT molecular complexity index is 678. The highest BCUT2D eigenvalue weighted by atomic mass is 32.1. The van der Waals surface area contributed by atoms with E-state index in [-0.39, 0.29) is 5.91 Å². The van der Waals surface area contributed by atoms with Crippen LogP contribution >= 0.6 is 12.6 Å². The highest BCUT2D eigenvalue weighted by Crippen LogP contribution is 2.24. The van der Waals surface area contributed by atoms with Gasteiger partial charge in [0.2, 0.25) is 0 Å². The minimum atomic E-state index is 0.0418. The van der Waals surface area contributed by atoms with Crippen molar-refractivity contribution in [3.8, 4) is 0 Å². The molecule has 0 saturated carbocycles. The maximum atomic E-state index is 12.6. The van der Waals surface area contributed by atoms with E-state index in [1.165, 1.54) is 5.56 Å².